The third-order valence-electron chi connectivity index (χ3n) is 1.71. The van der Waals surface area contributed by atoms with E-state index in [4.69, 9.17) is 0 Å². The van der Waals surface area contributed by atoms with E-state index in [2.05, 4.69) is 49.1 Å². The van der Waals surface area contributed by atoms with E-state index in [0.29, 0.717) is 8.16 Å². The van der Waals surface area contributed by atoms with E-state index in [1.807, 2.05) is 0 Å². The van der Waals surface area contributed by atoms with Crippen molar-refractivity contribution in [3.05, 3.63) is 0 Å². The summed E-state index contributed by atoms with van der Waals surface area (Å²) < 4.78 is 1.14. The Morgan fingerprint density at radius 2 is 1.44 bits per heavy atom. The first kappa shape index (κ1) is 6.74. The average molecular weight is 178 g/mol. The van der Waals surface area contributed by atoms with Crippen molar-refractivity contribution in [2.24, 2.45) is 0 Å². The molecule has 9 heavy (non-hydrogen) atoms. The molecule has 0 amide bonds. The van der Waals surface area contributed by atoms with Crippen molar-refractivity contribution in [3.8, 4) is 0 Å². The molecule has 0 nitrogen and oxygen atoms in total. The summed E-state index contributed by atoms with van der Waals surface area (Å²) >= 11 is 6.43. The summed E-state index contributed by atoms with van der Waals surface area (Å²) in [6.45, 7) is 4.74. The van der Waals surface area contributed by atoms with Gasteiger partial charge in [-0.1, -0.05) is 0 Å². The molecule has 2 aliphatic rings. The molecule has 2 fully saturated rings. The Hall–Kier alpha value is 1.05. The fourth-order valence-electron chi connectivity index (χ4n) is 1.23. The van der Waals surface area contributed by atoms with Gasteiger partial charge in [-0.25, -0.2) is 0 Å². The molecular formula is C6H10S3. The highest BCUT2D eigenvalue weighted by Gasteiger charge is 2.51. The normalized spacial score (nSPS) is 56.7. The Kier molecular flexibility index (Phi) is 1.35. The molecule has 0 radical (unpaired) electrons. The number of hydrogen-bond donors (Lipinski definition) is 0. The van der Waals surface area contributed by atoms with Crippen LogP contribution < -0.4 is 0 Å². The molecule has 0 N–H and O–H groups in total. The van der Waals surface area contributed by atoms with Gasteiger partial charge in [0.2, 0.25) is 0 Å². The number of rotatable bonds is 0. The fourth-order valence-corrected chi connectivity index (χ4v) is 7.21. The molecule has 0 saturated carbocycles. The van der Waals surface area contributed by atoms with E-state index >= 15 is 0 Å². The van der Waals surface area contributed by atoms with Crippen LogP contribution in [0.25, 0.3) is 0 Å². The predicted octanol–water partition coefficient (Wildman–Crippen LogP) is 2.65. The quantitative estimate of drug-likeness (QED) is 0.560. The molecule has 0 aliphatic carbocycles. The summed E-state index contributed by atoms with van der Waals surface area (Å²) in [6.07, 6.45) is 0. The molecule has 2 rings (SSSR count). The Labute approximate surface area is 68.9 Å². The zero-order valence-electron chi connectivity index (χ0n) is 5.64. The van der Waals surface area contributed by atoms with Crippen LogP contribution in [0.5, 0.6) is 0 Å². The van der Waals surface area contributed by atoms with Crippen molar-refractivity contribution < 1.29 is 0 Å². The van der Waals surface area contributed by atoms with E-state index in [0.717, 1.165) is 0 Å². The topological polar surface area (TPSA) is 0 Å². The van der Waals surface area contributed by atoms with Crippen molar-refractivity contribution in [3.63, 3.8) is 0 Å². The van der Waals surface area contributed by atoms with Crippen LogP contribution in [0.1, 0.15) is 13.8 Å². The van der Waals surface area contributed by atoms with Crippen LogP contribution in [-0.2, 0) is 0 Å². The van der Waals surface area contributed by atoms with Crippen LogP contribution in [0.15, 0.2) is 0 Å². The van der Waals surface area contributed by atoms with Gasteiger partial charge in [-0.05, 0) is 13.8 Å². The second-order valence-corrected chi connectivity index (χ2v) is 8.43. The summed E-state index contributed by atoms with van der Waals surface area (Å²) in [4.78, 5) is 0. The first-order chi connectivity index (χ1) is 4.12. The van der Waals surface area contributed by atoms with Gasteiger partial charge < -0.3 is 0 Å². The predicted molar refractivity (Wildman–Crippen MR) is 49.3 cm³/mol. The van der Waals surface area contributed by atoms with Gasteiger partial charge in [-0.3, -0.25) is 0 Å². The maximum atomic E-state index is 2.37. The monoisotopic (exact) mass is 178 g/mol. The van der Waals surface area contributed by atoms with Gasteiger partial charge in [0.1, 0.15) is 0 Å². The lowest BCUT2D eigenvalue weighted by atomic mass is 10.5. The van der Waals surface area contributed by atoms with Crippen LogP contribution in [0.3, 0.4) is 0 Å². The SMILES string of the molecule is CC12CSC(C)(CS1)S2. The molecule has 2 saturated heterocycles. The molecule has 0 aromatic carbocycles. The van der Waals surface area contributed by atoms with E-state index in [1.165, 1.54) is 11.5 Å². The zero-order chi connectivity index (χ0) is 6.54. The Morgan fingerprint density at radius 1 is 1.00 bits per heavy atom. The highest BCUT2D eigenvalue weighted by Crippen LogP contribution is 2.65. The Morgan fingerprint density at radius 3 is 1.56 bits per heavy atom. The van der Waals surface area contributed by atoms with Crippen LogP contribution >= 0.6 is 35.3 Å². The van der Waals surface area contributed by atoms with Gasteiger partial charge >= 0.3 is 0 Å². The molecule has 3 heteroatoms. The van der Waals surface area contributed by atoms with Crippen molar-refractivity contribution in [2.45, 2.75) is 22.0 Å². The fraction of sp³-hybridized carbons (Fsp3) is 1.00. The minimum atomic E-state index is 0.569. The lowest BCUT2D eigenvalue weighted by Crippen LogP contribution is -2.15. The minimum absolute atomic E-state index is 0.569. The van der Waals surface area contributed by atoms with E-state index < -0.39 is 0 Å². The number of thioether (sulfide) groups is 3. The van der Waals surface area contributed by atoms with Gasteiger partial charge in [0.15, 0.2) is 0 Å². The maximum Gasteiger partial charge on any atom is 0.0688 e. The highest BCUT2D eigenvalue weighted by molar-refractivity contribution is 8.33. The number of hydrogen-bond acceptors (Lipinski definition) is 3. The molecule has 2 aliphatic heterocycles. The molecular weight excluding hydrogens is 168 g/mol. The van der Waals surface area contributed by atoms with Gasteiger partial charge in [0.05, 0.1) is 8.16 Å². The first-order valence-electron chi connectivity index (χ1n) is 3.10. The molecule has 0 spiro atoms. The van der Waals surface area contributed by atoms with Crippen molar-refractivity contribution in [1.29, 1.82) is 0 Å². The summed E-state index contributed by atoms with van der Waals surface area (Å²) in [5.41, 5.74) is 0. The van der Waals surface area contributed by atoms with Crippen molar-refractivity contribution in [1.82, 2.24) is 0 Å². The van der Waals surface area contributed by atoms with Crippen LogP contribution in [0, 0.1) is 0 Å². The van der Waals surface area contributed by atoms with Gasteiger partial charge in [-0.15, -0.1) is 35.3 Å². The molecule has 0 aromatic heterocycles. The molecule has 2 bridgehead atoms. The van der Waals surface area contributed by atoms with Crippen LogP contribution in [0.2, 0.25) is 0 Å². The Balaban J connectivity index is 2.25. The smallest absolute Gasteiger partial charge is 0.0688 e. The van der Waals surface area contributed by atoms with Gasteiger partial charge in [0, 0.05) is 11.5 Å². The van der Waals surface area contributed by atoms with Crippen molar-refractivity contribution in [2.75, 3.05) is 11.5 Å². The number of fused-ring (bicyclic) bond motifs is 2. The summed E-state index contributed by atoms with van der Waals surface area (Å²) in [5, 5.41) is 0. The largest absolute Gasteiger partial charge is 0.141 e. The van der Waals surface area contributed by atoms with Gasteiger partial charge in [0.25, 0.3) is 0 Å². The second-order valence-electron chi connectivity index (χ2n) is 2.95. The van der Waals surface area contributed by atoms with E-state index in [9.17, 15) is 0 Å². The highest BCUT2D eigenvalue weighted by atomic mass is 32.2. The standard InChI is InChI=1S/C6H10S3/c1-5-3-8-6(2,9-5)4-7-5/h3-4H2,1-2H3. The lowest BCUT2D eigenvalue weighted by Gasteiger charge is -2.18. The first-order valence-corrected chi connectivity index (χ1v) is 5.89. The third kappa shape index (κ3) is 1.02. The second kappa shape index (κ2) is 1.80. The van der Waals surface area contributed by atoms with Gasteiger partial charge in [-0.2, -0.15) is 0 Å². The molecule has 0 aromatic rings. The third-order valence-corrected chi connectivity index (χ3v) is 7.75. The van der Waals surface area contributed by atoms with Crippen LogP contribution in [-0.4, -0.2) is 19.7 Å². The lowest BCUT2D eigenvalue weighted by molar-refractivity contribution is 1.04. The molecule has 2 unspecified atom stereocenters. The molecule has 2 heterocycles. The molecule has 2 atom stereocenters. The van der Waals surface area contributed by atoms with E-state index in [1.54, 1.807) is 0 Å². The summed E-state index contributed by atoms with van der Waals surface area (Å²) in [5.74, 6) is 2.69. The maximum absolute atomic E-state index is 2.37. The summed E-state index contributed by atoms with van der Waals surface area (Å²) in [6, 6.07) is 0. The summed E-state index contributed by atoms with van der Waals surface area (Å²) in [7, 11) is 0. The van der Waals surface area contributed by atoms with Crippen molar-refractivity contribution >= 4 is 35.3 Å². The van der Waals surface area contributed by atoms with Crippen LogP contribution in [0.4, 0.5) is 0 Å². The molecule has 52 valence electrons. The Bertz CT molecular complexity index is 119. The minimum Gasteiger partial charge on any atom is -0.141 e. The zero-order valence-corrected chi connectivity index (χ0v) is 8.09. The average Bonchev–Trinajstić information content (AvgIpc) is 2.19. The van der Waals surface area contributed by atoms with E-state index in [-0.39, 0.29) is 0 Å².